The summed E-state index contributed by atoms with van der Waals surface area (Å²) in [7, 11) is 1.53. The Kier molecular flexibility index (Phi) is 3.19. The van der Waals surface area contributed by atoms with Gasteiger partial charge in [0.1, 0.15) is 0 Å². The van der Waals surface area contributed by atoms with Crippen molar-refractivity contribution in [1.82, 2.24) is 4.90 Å². The lowest BCUT2D eigenvalue weighted by Gasteiger charge is -2.20. The first-order valence-corrected chi connectivity index (χ1v) is 6.33. The van der Waals surface area contributed by atoms with Crippen molar-refractivity contribution < 1.29 is 14.3 Å². The standard InChI is InChI=1S/C13H14N4O3/c1-20-8-7-16-12(18)10-11(13(16)19)17(15-14-10)9-5-3-2-4-6-9/h2-6,10-11H,7-8H2,1H3/t10-,11+/m1/s1. The molecule has 20 heavy (non-hydrogen) atoms. The number of methoxy groups -OCH3 is 1. The van der Waals surface area contributed by atoms with E-state index in [0.717, 1.165) is 5.69 Å². The van der Waals surface area contributed by atoms with Crippen LogP contribution in [0.2, 0.25) is 0 Å². The highest BCUT2D eigenvalue weighted by molar-refractivity contribution is 6.11. The van der Waals surface area contributed by atoms with Crippen molar-refractivity contribution in [2.75, 3.05) is 25.3 Å². The number of ether oxygens (including phenoxy) is 1. The number of anilines is 1. The van der Waals surface area contributed by atoms with Crippen LogP contribution < -0.4 is 5.01 Å². The lowest BCUT2D eigenvalue weighted by molar-refractivity contribution is -0.139. The van der Waals surface area contributed by atoms with Crippen LogP contribution in [0, 0.1) is 0 Å². The molecule has 0 bridgehead atoms. The second-order valence-corrected chi connectivity index (χ2v) is 4.60. The van der Waals surface area contributed by atoms with E-state index in [-0.39, 0.29) is 18.4 Å². The van der Waals surface area contributed by atoms with Crippen LogP contribution in [0.15, 0.2) is 40.7 Å². The summed E-state index contributed by atoms with van der Waals surface area (Å²) in [6.07, 6.45) is 0. The topological polar surface area (TPSA) is 74.6 Å². The third-order valence-corrected chi connectivity index (χ3v) is 3.41. The Morgan fingerprint density at radius 3 is 2.65 bits per heavy atom. The molecule has 1 fully saturated rings. The normalized spacial score (nSPS) is 24.6. The van der Waals surface area contributed by atoms with Gasteiger partial charge in [-0.2, -0.15) is 5.11 Å². The van der Waals surface area contributed by atoms with Gasteiger partial charge in [0, 0.05) is 7.11 Å². The number of para-hydroxylation sites is 1. The van der Waals surface area contributed by atoms with Gasteiger partial charge in [0.25, 0.3) is 11.8 Å². The fourth-order valence-corrected chi connectivity index (χ4v) is 2.41. The lowest BCUT2D eigenvalue weighted by Crippen LogP contribution is -2.40. The molecule has 0 aromatic heterocycles. The van der Waals surface area contributed by atoms with Crippen molar-refractivity contribution in [1.29, 1.82) is 0 Å². The molecule has 0 radical (unpaired) electrons. The summed E-state index contributed by atoms with van der Waals surface area (Å²) in [6.45, 7) is 0.568. The first-order chi connectivity index (χ1) is 9.74. The van der Waals surface area contributed by atoms with E-state index in [1.807, 2.05) is 30.3 Å². The maximum Gasteiger partial charge on any atom is 0.258 e. The van der Waals surface area contributed by atoms with Crippen molar-refractivity contribution in [3.05, 3.63) is 30.3 Å². The Balaban J connectivity index is 1.85. The Labute approximate surface area is 115 Å². The number of carbonyl (C=O) groups is 2. The fourth-order valence-electron chi connectivity index (χ4n) is 2.41. The second-order valence-electron chi connectivity index (χ2n) is 4.60. The summed E-state index contributed by atoms with van der Waals surface area (Å²) in [5.41, 5.74) is 0.749. The number of amides is 2. The molecule has 1 saturated heterocycles. The van der Waals surface area contributed by atoms with E-state index in [0.29, 0.717) is 6.61 Å². The second kappa shape index (κ2) is 5.01. The summed E-state index contributed by atoms with van der Waals surface area (Å²) in [6, 6.07) is 7.83. The number of nitrogens with zero attached hydrogens (tertiary/aromatic N) is 4. The molecule has 104 valence electrons. The van der Waals surface area contributed by atoms with Crippen LogP contribution in [0.1, 0.15) is 0 Å². The number of imide groups is 1. The van der Waals surface area contributed by atoms with Crippen LogP contribution in [0.25, 0.3) is 0 Å². The van der Waals surface area contributed by atoms with Crippen LogP contribution in [0.3, 0.4) is 0 Å². The maximum absolute atomic E-state index is 12.4. The highest BCUT2D eigenvalue weighted by Crippen LogP contribution is 2.31. The number of rotatable bonds is 4. The van der Waals surface area contributed by atoms with Gasteiger partial charge in [-0.05, 0) is 12.1 Å². The van der Waals surface area contributed by atoms with E-state index >= 15 is 0 Å². The summed E-state index contributed by atoms with van der Waals surface area (Å²) in [5.74, 6) is -0.579. The van der Waals surface area contributed by atoms with Gasteiger partial charge in [-0.25, -0.2) is 5.01 Å². The van der Waals surface area contributed by atoms with Gasteiger partial charge in [0.15, 0.2) is 12.1 Å². The molecule has 0 saturated carbocycles. The van der Waals surface area contributed by atoms with Gasteiger partial charge < -0.3 is 4.74 Å². The fraction of sp³-hybridized carbons (Fsp3) is 0.385. The first kappa shape index (κ1) is 12.7. The highest BCUT2D eigenvalue weighted by atomic mass is 16.5. The zero-order chi connectivity index (χ0) is 14.1. The van der Waals surface area contributed by atoms with Crippen molar-refractivity contribution in [3.63, 3.8) is 0 Å². The van der Waals surface area contributed by atoms with Gasteiger partial charge in [-0.15, -0.1) is 0 Å². The molecular weight excluding hydrogens is 260 g/mol. The average Bonchev–Trinajstić information content (AvgIpc) is 3.01. The Hall–Kier alpha value is -2.28. The predicted molar refractivity (Wildman–Crippen MR) is 69.9 cm³/mol. The molecule has 1 aromatic rings. The van der Waals surface area contributed by atoms with Gasteiger partial charge in [0.2, 0.25) is 0 Å². The Bertz CT molecular complexity index is 560. The van der Waals surface area contributed by atoms with Gasteiger partial charge in [0.05, 0.1) is 18.8 Å². The largest absolute Gasteiger partial charge is 0.383 e. The van der Waals surface area contributed by atoms with E-state index in [2.05, 4.69) is 10.3 Å². The number of carbonyl (C=O) groups excluding carboxylic acids is 2. The minimum atomic E-state index is -0.737. The summed E-state index contributed by atoms with van der Waals surface area (Å²) < 4.78 is 4.92. The summed E-state index contributed by atoms with van der Waals surface area (Å²) >= 11 is 0. The van der Waals surface area contributed by atoms with Crippen LogP contribution in [0.4, 0.5) is 5.69 Å². The zero-order valence-electron chi connectivity index (χ0n) is 11.0. The molecule has 2 heterocycles. The molecule has 3 rings (SSSR count). The molecule has 2 amide bonds. The van der Waals surface area contributed by atoms with Crippen LogP contribution in [0.5, 0.6) is 0 Å². The van der Waals surface area contributed by atoms with Crippen molar-refractivity contribution in [3.8, 4) is 0 Å². The number of likely N-dealkylation sites (tertiary alicyclic amines) is 1. The lowest BCUT2D eigenvalue weighted by atomic mass is 10.1. The van der Waals surface area contributed by atoms with Crippen molar-refractivity contribution >= 4 is 17.5 Å². The zero-order valence-corrected chi connectivity index (χ0v) is 11.0. The third-order valence-electron chi connectivity index (χ3n) is 3.41. The molecule has 0 spiro atoms. The smallest absolute Gasteiger partial charge is 0.258 e. The van der Waals surface area contributed by atoms with Crippen LogP contribution in [-0.4, -0.2) is 49.1 Å². The third kappa shape index (κ3) is 1.87. The number of fused-ring (bicyclic) bond motifs is 1. The summed E-state index contributed by atoms with van der Waals surface area (Å²) in [4.78, 5) is 25.7. The van der Waals surface area contributed by atoms with Crippen LogP contribution in [-0.2, 0) is 14.3 Å². The van der Waals surface area contributed by atoms with Gasteiger partial charge in [-0.1, -0.05) is 23.4 Å². The predicted octanol–water partition coefficient (Wildman–Crippen LogP) is 0.626. The first-order valence-electron chi connectivity index (χ1n) is 6.33. The molecule has 2 aliphatic rings. The molecule has 2 atom stereocenters. The number of hydrogen-bond acceptors (Lipinski definition) is 6. The molecule has 0 N–H and O–H groups in total. The van der Waals surface area contributed by atoms with E-state index in [1.54, 1.807) is 0 Å². The highest BCUT2D eigenvalue weighted by Gasteiger charge is 2.54. The average molecular weight is 274 g/mol. The summed E-state index contributed by atoms with van der Waals surface area (Å²) in [5, 5.41) is 9.42. The van der Waals surface area contributed by atoms with Gasteiger partial charge >= 0.3 is 0 Å². The molecular formula is C13H14N4O3. The molecule has 1 aromatic carbocycles. The van der Waals surface area contributed by atoms with Crippen molar-refractivity contribution in [2.45, 2.75) is 12.1 Å². The Morgan fingerprint density at radius 1 is 1.20 bits per heavy atom. The van der Waals surface area contributed by atoms with Crippen molar-refractivity contribution in [2.24, 2.45) is 10.3 Å². The van der Waals surface area contributed by atoms with E-state index in [4.69, 9.17) is 4.74 Å². The molecule has 2 aliphatic heterocycles. The SMILES string of the molecule is COCCN1C(=O)[C@@H]2[C@@H](N=NN2c2ccccc2)C1=O. The molecule has 0 unspecified atom stereocenters. The Morgan fingerprint density at radius 2 is 1.95 bits per heavy atom. The molecule has 7 nitrogen and oxygen atoms in total. The number of hydrogen-bond donors (Lipinski definition) is 0. The van der Waals surface area contributed by atoms with E-state index in [1.165, 1.54) is 17.0 Å². The number of benzene rings is 1. The quantitative estimate of drug-likeness (QED) is 0.755. The molecule has 7 heteroatoms. The van der Waals surface area contributed by atoms with Crippen LogP contribution >= 0.6 is 0 Å². The van der Waals surface area contributed by atoms with Gasteiger partial charge in [-0.3, -0.25) is 14.5 Å². The minimum absolute atomic E-state index is 0.249. The minimum Gasteiger partial charge on any atom is -0.383 e. The van der Waals surface area contributed by atoms with E-state index in [9.17, 15) is 9.59 Å². The molecule has 0 aliphatic carbocycles. The maximum atomic E-state index is 12.4. The monoisotopic (exact) mass is 274 g/mol. The van der Waals surface area contributed by atoms with E-state index < -0.39 is 12.1 Å².